The molecule has 0 spiro atoms. The van der Waals surface area contributed by atoms with Crippen molar-refractivity contribution in [1.82, 2.24) is 24.6 Å². The maximum Gasteiger partial charge on any atom is 0.255 e. The van der Waals surface area contributed by atoms with Gasteiger partial charge in [-0.05, 0) is 41.6 Å². The Morgan fingerprint density at radius 2 is 1.94 bits per heavy atom. The number of nitrogens with one attached hydrogen (secondary N) is 1. The molecule has 12 heteroatoms. The minimum Gasteiger partial charge on any atom is -0.396 e. The number of aromatic nitrogens is 4. The fourth-order valence-electron chi connectivity index (χ4n) is 4.35. The van der Waals surface area contributed by atoms with Crippen LogP contribution in [0.3, 0.4) is 0 Å². The summed E-state index contributed by atoms with van der Waals surface area (Å²) in [5, 5.41) is 8.59. The van der Waals surface area contributed by atoms with E-state index in [-0.39, 0.29) is 18.8 Å². The summed E-state index contributed by atoms with van der Waals surface area (Å²) in [5.41, 5.74) is 14.2. The number of hydrogen-bond donors (Lipinski definition) is 3. The van der Waals surface area contributed by atoms with Gasteiger partial charge in [-0.2, -0.15) is 5.10 Å². The first-order chi connectivity index (χ1) is 17.2. The number of rotatable bonds is 5. The second kappa shape index (κ2) is 9.02. The Morgan fingerprint density at radius 1 is 1.14 bits per heavy atom. The number of benzene rings is 1. The molecule has 0 bridgehead atoms. The van der Waals surface area contributed by atoms with Gasteiger partial charge in [0.05, 0.1) is 12.2 Å². The average molecular weight is 496 g/mol. The van der Waals surface area contributed by atoms with Crippen molar-refractivity contribution in [2.24, 2.45) is 0 Å². The number of nitrogens with two attached hydrogens (primary N) is 2. The standard InChI is InChI=1S/C24H23F3N8O/c1-12-15(2-4-30-24(12)29)16-6-13-7-19(31-9-17(13)23(28)22(16)27)32-20-8-14-3-5-34(10-18(25)26)21(36)11-35(14)33-20/h2,4,6-9,18H,3,5,10-11,28H2,1H3,(H2,29,30)(H,31,32,33). The molecule has 0 atom stereocenters. The molecule has 1 aliphatic rings. The summed E-state index contributed by atoms with van der Waals surface area (Å²) in [6, 6.07) is 6.82. The second-order valence-electron chi connectivity index (χ2n) is 8.60. The quantitative estimate of drug-likeness (QED) is 0.361. The molecule has 0 fully saturated rings. The van der Waals surface area contributed by atoms with Crippen LogP contribution in [0, 0.1) is 12.7 Å². The van der Waals surface area contributed by atoms with E-state index in [1.54, 1.807) is 31.2 Å². The van der Waals surface area contributed by atoms with E-state index >= 15 is 4.39 Å². The van der Waals surface area contributed by atoms with Crippen LogP contribution in [0.1, 0.15) is 11.3 Å². The van der Waals surface area contributed by atoms with Gasteiger partial charge in [-0.25, -0.2) is 23.1 Å². The summed E-state index contributed by atoms with van der Waals surface area (Å²) in [6.45, 7) is 1.24. The SMILES string of the molecule is Cc1c(-c2cc3cc(Nc4cc5n(n4)CC(=O)N(CC(F)F)CC5)ncc3c(N)c2F)ccnc1N. The lowest BCUT2D eigenvalue weighted by molar-refractivity contribution is -0.133. The molecule has 0 saturated heterocycles. The van der Waals surface area contributed by atoms with Gasteiger partial charge in [-0.15, -0.1) is 0 Å². The Balaban J connectivity index is 1.44. The third kappa shape index (κ3) is 4.25. The van der Waals surface area contributed by atoms with Gasteiger partial charge in [0.15, 0.2) is 11.6 Å². The maximum atomic E-state index is 15.2. The Labute approximate surface area is 203 Å². The number of fused-ring (bicyclic) bond motifs is 2. The lowest BCUT2D eigenvalue weighted by atomic mass is 9.97. The first-order valence-electron chi connectivity index (χ1n) is 11.2. The summed E-state index contributed by atoms with van der Waals surface area (Å²) in [6.07, 6.45) is 0.794. The van der Waals surface area contributed by atoms with Crippen LogP contribution in [0.2, 0.25) is 0 Å². The minimum absolute atomic E-state index is 0.0306. The molecule has 0 saturated carbocycles. The molecular formula is C24H23F3N8O. The summed E-state index contributed by atoms with van der Waals surface area (Å²) in [5.74, 6) is 0.203. The smallest absolute Gasteiger partial charge is 0.255 e. The lowest BCUT2D eigenvalue weighted by Crippen LogP contribution is -2.36. The van der Waals surface area contributed by atoms with Crippen molar-refractivity contribution in [3.05, 3.63) is 53.7 Å². The molecule has 0 aliphatic carbocycles. The number of nitrogen functional groups attached to an aromatic ring is 2. The topological polar surface area (TPSA) is 128 Å². The highest BCUT2D eigenvalue weighted by atomic mass is 19.3. The van der Waals surface area contributed by atoms with Crippen LogP contribution in [0.5, 0.6) is 0 Å². The molecule has 186 valence electrons. The number of alkyl halides is 2. The number of hydrogen-bond acceptors (Lipinski definition) is 7. The van der Waals surface area contributed by atoms with E-state index in [1.807, 2.05) is 0 Å². The Bertz CT molecular complexity index is 1490. The first kappa shape index (κ1) is 23.4. The van der Waals surface area contributed by atoms with Crippen molar-refractivity contribution in [2.75, 3.05) is 29.9 Å². The molecule has 0 unspecified atom stereocenters. The molecular weight excluding hydrogens is 473 g/mol. The predicted molar refractivity (Wildman–Crippen MR) is 130 cm³/mol. The van der Waals surface area contributed by atoms with Crippen molar-refractivity contribution in [3.63, 3.8) is 0 Å². The van der Waals surface area contributed by atoms with Crippen LogP contribution in [0.15, 0.2) is 36.7 Å². The minimum atomic E-state index is -2.58. The lowest BCUT2D eigenvalue weighted by Gasteiger charge is -2.19. The van der Waals surface area contributed by atoms with Crippen LogP contribution in [0.4, 0.5) is 36.3 Å². The van der Waals surface area contributed by atoms with Crippen LogP contribution in [-0.2, 0) is 17.8 Å². The number of anilines is 4. The molecule has 1 amide bonds. The molecule has 4 aromatic rings. The highest BCUT2D eigenvalue weighted by Gasteiger charge is 2.24. The third-order valence-electron chi connectivity index (χ3n) is 6.29. The number of amides is 1. The average Bonchev–Trinajstić information content (AvgIpc) is 3.14. The number of pyridine rings is 2. The number of carbonyl (C=O) groups excluding carboxylic acids is 1. The summed E-state index contributed by atoms with van der Waals surface area (Å²) in [4.78, 5) is 21.8. The largest absolute Gasteiger partial charge is 0.396 e. The number of nitrogens with zero attached hydrogens (tertiary/aromatic N) is 5. The van der Waals surface area contributed by atoms with E-state index in [1.165, 1.54) is 17.1 Å². The molecule has 0 radical (unpaired) electrons. The first-order valence-corrected chi connectivity index (χ1v) is 11.2. The second-order valence-corrected chi connectivity index (χ2v) is 8.60. The van der Waals surface area contributed by atoms with Crippen LogP contribution in [0.25, 0.3) is 21.9 Å². The maximum absolute atomic E-state index is 15.2. The van der Waals surface area contributed by atoms with E-state index < -0.39 is 24.7 Å². The predicted octanol–water partition coefficient (Wildman–Crippen LogP) is 3.50. The van der Waals surface area contributed by atoms with Gasteiger partial charge in [0.2, 0.25) is 5.91 Å². The van der Waals surface area contributed by atoms with Crippen molar-refractivity contribution < 1.29 is 18.0 Å². The highest BCUT2D eigenvalue weighted by molar-refractivity contribution is 5.98. The molecule has 36 heavy (non-hydrogen) atoms. The number of halogens is 3. The van der Waals surface area contributed by atoms with Gasteiger partial charge < -0.3 is 21.7 Å². The Morgan fingerprint density at radius 3 is 2.72 bits per heavy atom. The molecule has 4 heterocycles. The van der Waals surface area contributed by atoms with E-state index in [2.05, 4.69) is 20.4 Å². The monoisotopic (exact) mass is 496 g/mol. The molecule has 5 rings (SSSR count). The fraction of sp³-hybridized carbons (Fsp3) is 0.250. The van der Waals surface area contributed by atoms with Gasteiger partial charge >= 0.3 is 0 Å². The van der Waals surface area contributed by atoms with Crippen LogP contribution in [-0.4, -0.2) is 50.1 Å². The van der Waals surface area contributed by atoms with Crippen molar-refractivity contribution >= 4 is 39.8 Å². The third-order valence-corrected chi connectivity index (χ3v) is 6.29. The zero-order valence-electron chi connectivity index (χ0n) is 19.3. The van der Waals surface area contributed by atoms with E-state index in [0.29, 0.717) is 51.3 Å². The van der Waals surface area contributed by atoms with Crippen molar-refractivity contribution in [2.45, 2.75) is 26.3 Å². The zero-order chi connectivity index (χ0) is 25.6. The van der Waals surface area contributed by atoms with Gasteiger partial charge in [-0.1, -0.05) is 0 Å². The molecule has 5 N–H and O–H groups in total. The fourth-order valence-corrected chi connectivity index (χ4v) is 4.35. The van der Waals surface area contributed by atoms with Gasteiger partial charge in [0, 0.05) is 48.1 Å². The zero-order valence-corrected chi connectivity index (χ0v) is 19.3. The molecule has 9 nitrogen and oxygen atoms in total. The summed E-state index contributed by atoms with van der Waals surface area (Å²) < 4.78 is 42.1. The van der Waals surface area contributed by atoms with E-state index in [0.717, 1.165) is 10.6 Å². The molecule has 1 aromatic carbocycles. The normalized spacial score (nSPS) is 13.8. The van der Waals surface area contributed by atoms with Gasteiger partial charge in [0.25, 0.3) is 6.43 Å². The van der Waals surface area contributed by atoms with Crippen molar-refractivity contribution in [3.8, 4) is 11.1 Å². The summed E-state index contributed by atoms with van der Waals surface area (Å²) >= 11 is 0. The Hall–Kier alpha value is -4.35. The van der Waals surface area contributed by atoms with E-state index in [4.69, 9.17) is 11.5 Å². The van der Waals surface area contributed by atoms with Crippen molar-refractivity contribution in [1.29, 1.82) is 0 Å². The summed E-state index contributed by atoms with van der Waals surface area (Å²) in [7, 11) is 0. The van der Waals surface area contributed by atoms with Gasteiger partial charge in [0.1, 0.15) is 18.2 Å². The molecule has 1 aliphatic heterocycles. The number of carbonyl (C=O) groups is 1. The van der Waals surface area contributed by atoms with Crippen LogP contribution < -0.4 is 16.8 Å². The van der Waals surface area contributed by atoms with Crippen LogP contribution >= 0.6 is 0 Å². The molecule has 3 aromatic heterocycles. The van der Waals surface area contributed by atoms with Gasteiger partial charge in [-0.3, -0.25) is 9.48 Å². The Kier molecular flexibility index (Phi) is 5.86. The highest BCUT2D eigenvalue weighted by Crippen LogP contribution is 2.36. The van der Waals surface area contributed by atoms with E-state index in [9.17, 15) is 13.6 Å².